The molecule has 1 unspecified atom stereocenters. The topological polar surface area (TPSA) is 46.5 Å². The summed E-state index contributed by atoms with van der Waals surface area (Å²) in [6.07, 6.45) is 0.653. The Morgan fingerprint density at radius 2 is 2.40 bits per heavy atom. The van der Waals surface area contributed by atoms with Gasteiger partial charge in [0.1, 0.15) is 6.61 Å². The molecule has 0 aliphatic heterocycles. The van der Waals surface area contributed by atoms with Gasteiger partial charge in [0.15, 0.2) is 5.31 Å². The second kappa shape index (κ2) is 5.54. The molecule has 1 N–H and O–H groups in total. The molecule has 0 amide bonds. The zero-order chi connectivity index (χ0) is 7.98. The number of allylic oxidation sites excluding steroid dienone is 1. The van der Waals surface area contributed by atoms with E-state index in [0.717, 1.165) is 0 Å². The molecule has 10 heavy (non-hydrogen) atoms. The van der Waals surface area contributed by atoms with Crippen LogP contribution in [-0.4, -0.2) is 18.3 Å². The molecule has 0 aromatic heterocycles. The summed E-state index contributed by atoms with van der Waals surface area (Å²) in [6, 6.07) is 0. The van der Waals surface area contributed by atoms with E-state index >= 15 is 0 Å². The maximum Gasteiger partial charge on any atom is 0.543 e. The Balaban J connectivity index is 3.52. The van der Waals surface area contributed by atoms with Gasteiger partial charge < -0.3 is 5.11 Å². The first kappa shape index (κ1) is 9.76. The molecule has 0 aromatic carbocycles. The van der Waals surface area contributed by atoms with Crippen LogP contribution in [0.3, 0.4) is 0 Å². The SMILES string of the molecule is C=C(CC)[P+](=O)OCCO. The van der Waals surface area contributed by atoms with Crippen molar-refractivity contribution in [3.63, 3.8) is 0 Å². The molecule has 0 aromatic rings. The van der Waals surface area contributed by atoms with E-state index in [1.165, 1.54) is 0 Å². The van der Waals surface area contributed by atoms with Crippen LogP contribution in [-0.2, 0) is 9.09 Å². The summed E-state index contributed by atoms with van der Waals surface area (Å²) in [5.74, 6) is 0. The number of aliphatic hydroxyl groups excluding tert-OH is 1. The van der Waals surface area contributed by atoms with E-state index in [0.29, 0.717) is 11.7 Å². The largest absolute Gasteiger partial charge is 0.543 e. The average molecular weight is 163 g/mol. The highest BCUT2D eigenvalue weighted by atomic mass is 31.1. The van der Waals surface area contributed by atoms with Gasteiger partial charge in [-0.1, -0.05) is 6.92 Å². The van der Waals surface area contributed by atoms with Crippen LogP contribution in [0.5, 0.6) is 0 Å². The van der Waals surface area contributed by atoms with Gasteiger partial charge in [0.2, 0.25) is 0 Å². The van der Waals surface area contributed by atoms with Gasteiger partial charge in [-0.25, -0.2) is 0 Å². The van der Waals surface area contributed by atoms with E-state index in [1.54, 1.807) is 0 Å². The van der Waals surface area contributed by atoms with Gasteiger partial charge in [-0.15, -0.1) is 4.52 Å². The highest BCUT2D eigenvalue weighted by Gasteiger charge is 2.20. The predicted molar refractivity (Wildman–Crippen MR) is 40.1 cm³/mol. The van der Waals surface area contributed by atoms with Crippen molar-refractivity contribution in [2.75, 3.05) is 13.2 Å². The third-order valence-corrected chi connectivity index (χ3v) is 2.22. The lowest BCUT2D eigenvalue weighted by atomic mass is 10.5. The lowest BCUT2D eigenvalue weighted by molar-refractivity contribution is 0.209. The third-order valence-electron chi connectivity index (χ3n) is 0.966. The average Bonchev–Trinajstić information content (AvgIpc) is 1.98. The smallest absolute Gasteiger partial charge is 0.394 e. The van der Waals surface area contributed by atoms with Crippen molar-refractivity contribution in [1.82, 2.24) is 0 Å². The summed E-state index contributed by atoms with van der Waals surface area (Å²) in [7, 11) is -1.75. The lowest BCUT2D eigenvalue weighted by Crippen LogP contribution is -1.92. The fraction of sp³-hybridized carbons (Fsp3) is 0.667. The number of aliphatic hydroxyl groups is 1. The summed E-state index contributed by atoms with van der Waals surface area (Å²) < 4.78 is 15.6. The Bertz CT molecular complexity index is 133. The van der Waals surface area contributed by atoms with E-state index in [9.17, 15) is 4.57 Å². The summed E-state index contributed by atoms with van der Waals surface area (Å²) in [4.78, 5) is 0. The first-order valence-electron chi connectivity index (χ1n) is 3.11. The Morgan fingerprint density at radius 1 is 1.80 bits per heavy atom. The molecular formula is C6H12O3P+. The van der Waals surface area contributed by atoms with Crippen LogP contribution < -0.4 is 0 Å². The minimum atomic E-state index is -1.75. The van der Waals surface area contributed by atoms with Crippen LogP contribution >= 0.6 is 8.03 Å². The van der Waals surface area contributed by atoms with Gasteiger partial charge in [-0.2, -0.15) is 0 Å². The number of hydrogen-bond donors (Lipinski definition) is 1. The molecule has 1 atom stereocenters. The Hall–Kier alpha value is -0.240. The lowest BCUT2D eigenvalue weighted by Gasteiger charge is -1.86. The van der Waals surface area contributed by atoms with Crippen molar-refractivity contribution < 1.29 is 14.2 Å². The molecule has 58 valence electrons. The third kappa shape index (κ3) is 3.72. The minimum absolute atomic E-state index is 0.0991. The molecule has 0 heterocycles. The van der Waals surface area contributed by atoms with Crippen LogP contribution in [0.1, 0.15) is 13.3 Å². The van der Waals surface area contributed by atoms with Gasteiger partial charge in [0, 0.05) is 6.42 Å². The van der Waals surface area contributed by atoms with Crippen LogP contribution in [0, 0.1) is 0 Å². The molecule has 0 fully saturated rings. The van der Waals surface area contributed by atoms with Gasteiger partial charge in [-0.3, -0.25) is 0 Å². The normalized spacial score (nSPS) is 11.2. The van der Waals surface area contributed by atoms with E-state index in [-0.39, 0.29) is 13.2 Å². The van der Waals surface area contributed by atoms with Gasteiger partial charge >= 0.3 is 8.03 Å². The predicted octanol–water partition coefficient (Wildman–Crippen LogP) is 1.66. The first-order chi connectivity index (χ1) is 4.72. The van der Waals surface area contributed by atoms with Crippen molar-refractivity contribution >= 4 is 8.03 Å². The van der Waals surface area contributed by atoms with Crippen LogP contribution in [0.4, 0.5) is 0 Å². The quantitative estimate of drug-likeness (QED) is 0.627. The first-order valence-corrected chi connectivity index (χ1v) is 4.29. The molecular weight excluding hydrogens is 151 g/mol. The molecule has 0 bridgehead atoms. The van der Waals surface area contributed by atoms with Crippen molar-refractivity contribution in [3.8, 4) is 0 Å². The molecule has 0 radical (unpaired) electrons. The molecule has 0 saturated carbocycles. The second-order valence-electron chi connectivity index (χ2n) is 1.73. The zero-order valence-corrected chi connectivity index (χ0v) is 6.93. The van der Waals surface area contributed by atoms with Crippen molar-refractivity contribution in [3.05, 3.63) is 11.9 Å². The molecule has 0 spiro atoms. The van der Waals surface area contributed by atoms with Crippen molar-refractivity contribution in [2.45, 2.75) is 13.3 Å². The van der Waals surface area contributed by atoms with Crippen molar-refractivity contribution in [2.24, 2.45) is 0 Å². The maximum absolute atomic E-state index is 10.8. The number of rotatable bonds is 5. The maximum atomic E-state index is 10.8. The van der Waals surface area contributed by atoms with E-state index in [1.807, 2.05) is 6.92 Å². The highest BCUT2D eigenvalue weighted by molar-refractivity contribution is 7.44. The number of hydrogen-bond acceptors (Lipinski definition) is 3. The van der Waals surface area contributed by atoms with E-state index < -0.39 is 8.03 Å². The fourth-order valence-electron chi connectivity index (χ4n) is 0.344. The zero-order valence-electron chi connectivity index (χ0n) is 6.04. The molecule has 0 aliphatic carbocycles. The van der Waals surface area contributed by atoms with Gasteiger partial charge in [0.25, 0.3) is 0 Å². The standard InChI is InChI=1S/C6H12O3P/c1-3-6(2)10(8)9-5-4-7/h7H,2-5H2,1H3/q+1. The Labute approximate surface area is 61.6 Å². The fourth-order valence-corrected chi connectivity index (χ4v) is 1.03. The molecule has 3 nitrogen and oxygen atoms in total. The Kier molecular flexibility index (Phi) is 5.40. The minimum Gasteiger partial charge on any atom is -0.394 e. The summed E-state index contributed by atoms with van der Waals surface area (Å²) in [6.45, 7) is 5.41. The van der Waals surface area contributed by atoms with Crippen LogP contribution in [0.25, 0.3) is 0 Å². The monoisotopic (exact) mass is 163 g/mol. The Morgan fingerprint density at radius 3 is 2.80 bits per heavy atom. The molecule has 0 rings (SSSR count). The van der Waals surface area contributed by atoms with Gasteiger partial charge in [-0.05, 0) is 11.1 Å². The van der Waals surface area contributed by atoms with E-state index in [2.05, 4.69) is 6.58 Å². The van der Waals surface area contributed by atoms with Gasteiger partial charge in [0.05, 0.1) is 6.61 Å². The summed E-state index contributed by atoms with van der Waals surface area (Å²) in [5.41, 5.74) is 0. The van der Waals surface area contributed by atoms with E-state index in [4.69, 9.17) is 9.63 Å². The molecule has 0 saturated heterocycles. The summed E-state index contributed by atoms with van der Waals surface area (Å²) >= 11 is 0. The van der Waals surface area contributed by atoms with Crippen LogP contribution in [0.2, 0.25) is 0 Å². The van der Waals surface area contributed by atoms with Crippen LogP contribution in [0.15, 0.2) is 11.9 Å². The summed E-state index contributed by atoms with van der Waals surface area (Å²) in [5, 5.41) is 8.87. The molecule has 0 aliphatic rings. The second-order valence-corrected chi connectivity index (χ2v) is 3.14. The van der Waals surface area contributed by atoms with Crippen molar-refractivity contribution in [1.29, 1.82) is 0 Å². The molecule has 4 heteroatoms. The highest BCUT2D eigenvalue weighted by Crippen LogP contribution is 2.33.